The molecule has 2 aromatic rings. The molecule has 0 aliphatic rings. The van der Waals surface area contributed by atoms with E-state index in [0.717, 1.165) is 0 Å². The van der Waals surface area contributed by atoms with Gasteiger partial charge in [-0.25, -0.2) is 9.67 Å². The third kappa shape index (κ3) is 2.12. The third-order valence-corrected chi connectivity index (χ3v) is 2.73. The zero-order chi connectivity index (χ0) is 13.3. The number of aryl methyl sites for hydroxylation is 1. The van der Waals surface area contributed by atoms with Crippen LogP contribution < -0.4 is 5.32 Å². The Balaban J connectivity index is 2.63. The minimum Gasteiger partial charge on any atom is -0.373 e. The van der Waals surface area contributed by atoms with Gasteiger partial charge in [0.15, 0.2) is 0 Å². The van der Waals surface area contributed by atoms with Crippen molar-refractivity contribution in [3.05, 3.63) is 39.2 Å². The molecule has 0 radical (unpaired) electrons. The number of rotatable bonds is 3. The first-order valence-electron chi connectivity index (χ1n) is 5.08. The van der Waals surface area contributed by atoms with Crippen molar-refractivity contribution in [3.63, 3.8) is 0 Å². The van der Waals surface area contributed by atoms with Crippen LogP contribution >= 0.6 is 11.6 Å². The van der Waals surface area contributed by atoms with Crippen LogP contribution in [-0.2, 0) is 0 Å². The van der Waals surface area contributed by atoms with E-state index in [9.17, 15) is 10.1 Å². The molecule has 0 bridgehead atoms. The molecule has 8 heteroatoms. The van der Waals surface area contributed by atoms with Crippen LogP contribution in [0.2, 0.25) is 5.02 Å². The Morgan fingerprint density at radius 1 is 1.50 bits per heavy atom. The SMILES string of the molecule is CNc1ccc([N+](=O)[O-])c(-n2cc(Cl)c(C)n2)n1. The topological polar surface area (TPSA) is 85.9 Å². The predicted octanol–water partition coefficient (Wildman–Crippen LogP) is 2.18. The van der Waals surface area contributed by atoms with Gasteiger partial charge in [-0.3, -0.25) is 10.1 Å². The maximum Gasteiger partial charge on any atom is 0.313 e. The molecule has 2 rings (SSSR count). The molecule has 0 unspecified atom stereocenters. The van der Waals surface area contributed by atoms with Gasteiger partial charge in [0.2, 0.25) is 5.82 Å². The molecule has 0 aliphatic carbocycles. The van der Waals surface area contributed by atoms with Crippen LogP contribution in [-0.4, -0.2) is 26.7 Å². The largest absolute Gasteiger partial charge is 0.373 e. The lowest BCUT2D eigenvalue weighted by atomic mass is 10.3. The van der Waals surface area contributed by atoms with Gasteiger partial charge in [-0.15, -0.1) is 0 Å². The van der Waals surface area contributed by atoms with Crippen LogP contribution in [0.1, 0.15) is 5.69 Å². The normalized spacial score (nSPS) is 10.4. The molecule has 2 heterocycles. The second-order valence-electron chi connectivity index (χ2n) is 3.55. The fourth-order valence-corrected chi connectivity index (χ4v) is 1.57. The molecule has 18 heavy (non-hydrogen) atoms. The first kappa shape index (κ1) is 12.3. The van der Waals surface area contributed by atoms with E-state index in [1.54, 1.807) is 14.0 Å². The molecule has 1 N–H and O–H groups in total. The number of halogens is 1. The molecule has 0 spiro atoms. The molecule has 0 atom stereocenters. The summed E-state index contributed by atoms with van der Waals surface area (Å²) in [7, 11) is 1.68. The average Bonchev–Trinajstić information content (AvgIpc) is 2.68. The van der Waals surface area contributed by atoms with Crippen molar-refractivity contribution in [1.29, 1.82) is 0 Å². The zero-order valence-electron chi connectivity index (χ0n) is 9.72. The van der Waals surface area contributed by atoms with Gasteiger partial charge in [-0.05, 0) is 13.0 Å². The Labute approximate surface area is 108 Å². The standard InChI is InChI=1S/C10H10ClN5O2/c1-6-7(11)5-15(14-6)10-8(16(17)18)3-4-9(12-2)13-10/h3-5H,1-2H3,(H,12,13). The van der Waals surface area contributed by atoms with Crippen molar-refractivity contribution in [2.45, 2.75) is 6.92 Å². The lowest BCUT2D eigenvalue weighted by Gasteiger charge is -2.04. The van der Waals surface area contributed by atoms with E-state index in [-0.39, 0.29) is 11.5 Å². The van der Waals surface area contributed by atoms with Gasteiger partial charge in [0.25, 0.3) is 0 Å². The summed E-state index contributed by atoms with van der Waals surface area (Å²) < 4.78 is 1.30. The molecule has 0 aromatic carbocycles. The summed E-state index contributed by atoms with van der Waals surface area (Å²) in [5, 5.41) is 18.3. The maximum atomic E-state index is 11.0. The fraction of sp³-hybridized carbons (Fsp3) is 0.200. The summed E-state index contributed by atoms with van der Waals surface area (Å²) in [6, 6.07) is 2.90. The Bertz CT molecular complexity index is 591. The van der Waals surface area contributed by atoms with Gasteiger partial charge >= 0.3 is 5.69 Å². The first-order valence-corrected chi connectivity index (χ1v) is 5.46. The van der Waals surface area contributed by atoms with Gasteiger partial charge in [-0.2, -0.15) is 5.10 Å². The number of pyridine rings is 1. The van der Waals surface area contributed by atoms with Crippen LogP contribution in [0.15, 0.2) is 18.3 Å². The number of anilines is 1. The molecule has 7 nitrogen and oxygen atoms in total. The second-order valence-corrected chi connectivity index (χ2v) is 3.96. The monoisotopic (exact) mass is 267 g/mol. The van der Waals surface area contributed by atoms with E-state index in [0.29, 0.717) is 16.5 Å². The molecular weight excluding hydrogens is 258 g/mol. The summed E-state index contributed by atoms with van der Waals surface area (Å²) in [6.07, 6.45) is 1.49. The number of nitro groups is 1. The van der Waals surface area contributed by atoms with Gasteiger partial charge in [0, 0.05) is 13.1 Å². The second kappa shape index (κ2) is 4.61. The van der Waals surface area contributed by atoms with Gasteiger partial charge in [0.05, 0.1) is 21.8 Å². The fourth-order valence-electron chi connectivity index (χ4n) is 1.44. The Kier molecular flexibility index (Phi) is 3.15. The van der Waals surface area contributed by atoms with Crippen LogP contribution in [0.4, 0.5) is 11.5 Å². The zero-order valence-corrected chi connectivity index (χ0v) is 10.5. The summed E-state index contributed by atoms with van der Waals surface area (Å²) >= 11 is 5.89. The Morgan fingerprint density at radius 2 is 2.22 bits per heavy atom. The quantitative estimate of drug-likeness (QED) is 0.680. The minimum atomic E-state index is -0.507. The molecule has 0 saturated carbocycles. The van der Waals surface area contributed by atoms with Gasteiger partial charge in [0.1, 0.15) is 5.82 Å². The molecule has 0 saturated heterocycles. The number of hydrogen-bond donors (Lipinski definition) is 1. The lowest BCUT2D eigenvalue weighted by Crippen LogP contribution is -2.05. The summed E-state index contributed by atoms with van der Waals surface area (Å²) in [5.41, 5.74) is 0.454. The van der Waals surface area contributed by atoms with Crippen molar-refractivity contribution in [2.24, 2.45) is 0 Å². The third-order valence-electron chi connectivity index (χ3n) is 2.36. The highest BCUT2D eigenvalue weighted by molar-refractivity contribution is 6.31. The van der Waals surface area contributed by atoms with E-state index in [4.69, 9.17) is 11.6 Å². The highest BCUT2D eigenvalue weighted by atomic mass is 35.5. The summed E-state index contributed by atoms with van der Waals surface area (Å²) in [5.74, 6) is 0.640. The van der Waals surface area contributed by atoms with Crippen LogP contribution in [0.5, 0.6) is 0 Å². The highest BCUT2D eigenvalue weighted by Crippen LogP contribution is 2.24. The van der Waals surface area contributed by atoms with Crippen molar-refractivity contribution in [3.8, 4) is 5.82 Å². The van der Waals surface area contributed by atoms with E-state index >= 15 is 0 Å². The molecular formula is C10H10ClN5O2. The first-order chi connectivity index (χ1) is 8.52. The van der Waals surface area contributed by atoms with Crippen molar-refractivity contribution < 1.29 is 4.92 Å². The number of nitrogens with one attached hydrogen (secondary N) is 1. The molecule has 0 aliphatic heterocycles. The molecule has 94 valence electrons. The van der Waals surface area contributed by atoms with Crippen LogP contribution in [0, 0.1) is 17.0 Å². The molecule has 0 fully saturated rings. The average molecular weight is 268 g/mol. The van der Waals surface area contributed by atoms with Gasteiger partial charge in [-0.1, -0.05) is 11.6 Å². The predicted molar refractivity (Wildman–Crippen MR) is 67.3 cm³/mol. The molecule has 2 aromatic heterocycles. The van der Waals surface area contributed by atoms with E-state index in [1.165, 1.54) is 23.0 Å². The van der Waals surface area contributed by atoms with Gasteiger partial charge < -0.3 is 5.32 Å². The Morgan fingerprint density at radius 3 is 2.72 bits per heavy atom. The smallest absolute Gasteiger partial charge is 0.313 e. The highest BCUT2D eigenvalue weighted by Gasteiger charge is 2.19. The van der Waals surface area contributed by atoms with Crippen LogP contribution in [0.3, 0.4) is 0 Å². The summed E-state index contributed by atoms with van der Waals surface area (Å²) in [4.78, 5) is 14.6. The Hall–Kier alpha value is -2.15. The number of aromatic nitrogens is 3. The van der Waals surface area contributed by atoms with Crippen molar-refractivity contribution >= 4 is 23.1 Å². The van der Waals surface area contributed by atoms with Crippen molar-refractivity contribution in [1.82, 2.24) is 14.8 Å². The van der Waals surface area contributed by atoms with E-state index in [2.05, 4.69) is 15.4 Å². The molecule has 0 amide bonds. The van der Waals surface area contributed by atoms with E-state index < -0.39 is 4.92 Å². The minimum absolute atomic E-state index is 0.127. The number of hydrogen-bond acceptors (Lipinski definition) is 5. The van der Waals surface area contributed by atoms with Crippen molar-refractivity contribution in [2.75, 3.05) is 12.4 Å². The van der Waals surface area contributed by atoms with E-state index in [1.807, 2.05) is 0 Å². The number of nitrogens with zero attached hydrogens (tertiary/aromatic N) is 4. The lowest BCUT2D eigenvalue weighted by molar-refractivity contribution is -0.384. The maximum absolute atomic E-state index is 11.0. The summed E-state index contributed by atoms with van der Waals surface area (Å²) in [6.45, 7) is 1.71. The van der Waals surface area contributed by atoms with Crippen LogP contribution in [0.25, 0.3) is 5.82 Å².